The normalized spacial score (nSPS) is 12.2. The Labute approximate surface area is 164 Å². The molecule has 0 saturated carbocycles. The van der Waals surface area contributed by atoms with Crippen molar-refractivity contribution in [3.8, 4) is 22.8 Å². The molecule has 1 aromatic carbocycles. The molecule has 0 bridgehead atoms. The Morgan fingerprint density at radius 1 is 1.21 bits per heavy atom. The molecule has 0 amide bonds. The molecular weight excluding hydrogens is 378 g/mol. The minimum absolute atomic E-state index is 0.102. The van der Waals surface area contributed by atoms with Gasteiger partial charge in [0.25, 0.3) is 11.4 Å². The zero-order valence-corrected chi connectivity index (χ0v) is 16.3. The summed E-state index contributed by atoms with van der Waals surface area (Å²) in [7, 11) is 1.83. The van der Waals surface area contributed by atoms with E-state index in [1.54, 1.807) is 4.57 Å². The summed E-state index contributed by atoms with van der Waals surface area (Å²) in [6.07, 6.45) is 1.54. The van der Waals surface area contributed by atoms with Crippen LogP contribution >= 0.6 is 11.8 Å². The van der Waals surface area contributed by atoms with Gasteiger partial charge in [-0.2, -0.15) is 10.1 Å². The minimum Gasteiger partial charge on any atom is -0.334 e. The maximum absolute atomic E-state index is 11.5. The van der Waals surface area contributed by atoms with Crippen LogP contribution in [0.2, 0.25) is 0 Å². The number of nitrogens with one attached hydrogen (secondary N) is 1. The molecule has 0 saturated heterocycles. The van der Waals surface area contributed by atoms with E-state index in [-0.39, 0.29) is 10.8 Å². The highest BCUT2D eigenvalue weighted by Crippen LogP contribution is 2.34. The average molecular weight is 395 g/mol. The molecule has 4 aromatic rings. The lowest BCUT2D eigenvalue weighted by atomic mass is 10.1. The minimum atomic E-state index is -0.293. The van der Waals surface area contributed by atoms with E-state index in [0.29, 0.717) is 28.3 Å². The molecule has 0 aliphatic rings. The molecule has 9 nitrogen and oxygen atoms in total. The molecule has 3 heterocycles. The molecule has 28 heavy (non-hydrogen) atoms. The smallest absolute Gasteiger partial charge is 0.264 e. The van der Waals surface area contributed by atoms with Crippen LogP contribution < -0.4 is 5.56 Å². The first-order valence-electron chi connectivity index (χ1n) is 8.53. The number of nitrogens with zero attached hydrogens (tertiary/aromatic N) is 6. The number of thioether (sulfide) groups is 1. The van der Waals surface area contributed by atoms with Gasteiger partial charge in [-0.1, -0.05) is 34.6 Å². The largest absolute Gasteiger partial charge is 0.334 e. The van der Waals surface area contributed by atoms with Gasteiger partial charge in [0, 0.05) is 24.2 Å². The van der Waals surface area contributed by atoms with Crippen molar-refractivity contribution in [1.29, 1.82) is 0 Å². The Bertz CT molecular complexity index is 1180. The Balaban J connectivity index is 1.55. The van der Waals surface area contributed by atoms with Crippen molar-refractivity contribution in [2.24, 2.45) is 7.05 Å². The fraction of sp³-hybridized carbons (Fsp3) is 0.222. The number of aromatic nitrogens is 7. The Morgan fingerprint density at radius 3 is 2.86 bits per heavy atom. The van der Waals surface area contributed by atoms with Gasteiger partial charge < -0.3 is 9.09 Å². The van der Waals surface area contributed by atoms with Crippen molar-refractivity contribution < 1.29 is 4.52 Å². The fourth-order valence-electron chi connectivity index (χ4n) is 2.67. The van der Waals surface area contributed by atoms with Crippen LogP contribution in [0.15, 0.2) is 51.0 Å². The Kier molecular flexibility index (Phi) is 4.78. The molecule has 1 N–H and O–H groups in total. The van der Waals surface area contributed by atoms with Gasteiger partial charge in [-0.3, -0.25) is 4.79 Å². The van der Waals surface area contributed by atoms with Crippen molar-refractivity contribution >= 4 is 11.8 Å². The summed E-state index contributed by atoms with van der Waals surface area (Å²) in [4.78, 5) is 16.0. The van der Waals surface area contributed by atoms with Crippen LogP contribution in [0.25, 0.3) is 22.8 Å². The molecule has 3 aromatic heterocycles. The molecule has 142 valence electrons. The van der Waals surface area contributed by atoms with Crippen LogP contribution in [0.4, 0.5) is 0 Å². The first-order chi connectivity index (χ1) is 13.5. The molecule has 10 heteroatoms. The monoisotopic (exact) mass is 395 g/mol. The predicted octanol–water partition coefficient (Wildman–Crippen LogP) is 2.78. The van der Waals surface area contributed by atoms with Gasteiger partial charge in [0.05, 0.1) is 11.4 Å². The van der Waals surface area contributed by atoms with Crippen LogP contribution in [-0.2, 0) is 7.05 Å². The number of hydrogen-bond acceptors (Lipinski definition) is 8. The SMILES string of the molecule is Cc1cccc(-c2nc([C@@H](C)Sc3nnc(-c4cn[nH]c(=O)c4)n3C)no2)c1. The van der Waals surface area contributed by atoms with Gasteiger partial charge >= 0.3 is 0 Å². The van der Waals surface area contributed by atoms with Crippen molar-refractivity contribution in [2.75, 3.05) is 0 Å². The summed E-state index contributed by atoms with van der Waals surface area (Å²) >= 11 is 1.45. The van der Waals surface area contributed by atoms with Gasteiger partial charge in [0.15, 0.2) is 16.8 Å². The number of benzene rings is 1. The quantitative estimate of drug-likeness (QED) is 0.513. The number of aromatic amines is 1. The van der Waals surface area contributed by atoms with E-state index in [9.17, 15) is 4.79 Å². The second kappa shape index (κ2) is 7.39. The van der Waals surface area contributed by atoms with E-state index in [4.69, 9.17) is 4.52 Å². The number of aryl methyl sites for hydroxylation is 1. The second-order valence-electron chi connectivity index (χ2n) is 6.29. The summed E-state index contributed by atoms with van der Waals surface area (Å²) < 4.78 is 7.22. The highest BCUT2D eigenvalue weighted by molar-refractivity contribution is 7.99. The highest BCUT2D eigenvalue weighted by Gasteiger charge is 2.20. The zero-order chi connectivity index (χ0) is 19.7. The molecule has 0 unspecified atom stereocenters. The molecule has 0 aliphatic heterocycles. The topological polar surface area (TPSA) is 115 Å². The number of rotatable bonds is 5. The first-order valence-corrected chi connectivity index (χ1v) is 9.41. The third kappa shape index (κ3) is 3.58. The van der Waals surface area contributed by atoms with Gasteiger partial charge in [-0.15, -0.1) is 10.2 Å². The van der Waals surface area contributed by atoms with Gasteiger partial charge in [0.1, 0.15) is 0 Å². The standard InChI is InChI=1S/C18H17N7O2S/c1-10-5-4-6-12(7-10)17-20-15(24-27-17)11(2)28-18-23-22-16(25(18)3)13-8-14(26)21-19-9-13/h4-9,11H,1-3H3,(H,21,26)/t11-/m1/s1. The van der Waals surface area contributed by atoms with Crippen LogP contribution in [0.1, 0.15) is 23.6 Å². The third-order valence-corrected chi connectivity index (χ3v) is 5.24. The fourth-order valence-corrected chi connectivity index (χ4v) is 3.52. The third-order valence-electron chi connectivity index (χ3n) is 4.11. The van der Waals surface area contributed by atoms with Crippen molar-refractivity contribution in [1.82, 2.24) is 35.1 Å². The lowest BCUT2D eigenvalue weighted by Gasteiger charge is -2.06. The van der Waals surface area contributed by atoms with Gasteiger partial charge in [-0.05, 0) is 26.0 Å². The number of H-pyrrole nitrogens is 1. The zero-order valence-electron chi connectivity index (χ0n) is 15.4. The van der Waals surface area contributed by atoms with Gasteiger partial charge in [0.2, 0.25) is 0 Å². The highest BCUT2D eigenvalue weighted by atomic mass is 32.2. The lowest BCUT2D eigenvalue weighted by Crippen LogP contribution is -2.07. The van der Waals surface area contributed by atoms with E-state index in [0.717, 1.165) is 11.1 Å². The molecule has 0 spiro atoms. The summed E-state index contributed by atoms with van der Waals surface area (Å²) in [6.45, 7) is 3.99. The van der Waals surface area contributed by atoms with Crippen LogP contribution in [-0.4, -0.2) is 35.1 Å². The van der Waals surface area contributed by atoms with Crippen LogP contribution in [0.3, 0.4) is 0 Å². The Morgan fingerprint density at radius 2 is 2.07 bits per heavy atom. The summed E-state index contributed by atoms with van der Waals surface area (Å²) in [5.41, 5.74) is 2.32. The second-order valence-corrected chi connectivity index (χ2v) is 7.59. The van der Waals surface area contributed by atoms with Crippen LogP contribution in [0, 0.1) is 6.92 Å². The van der Waals surface area contributed by atoms with E-state index in [1.807, 2.05) is 45.2 Å². The molecule has 0 radical (unpaired) electrons. The predicted molar refractivity (Wildman–Crippen MR) is 104 cm³/mol. The van der Waals surface area contributed by atoms with Gasteiger partial charge in [-0.25, -0.2) is 5.10 Å². The molecular formula is C18H17N7O2S. The summed E-state index contributed by atoms with van der Waals surface area (Å²) in [5, 5.41) is 19.2. The van der Waals surface area contributed by atoms with E-state index in [1.165, 1.54) is 24.0 Å². The first kappa shape index (κ1) is 18.1. The van der Waals surface area contributed by atoms with Crippen molar-refractivity contribution in [3.63, 3.8) is 0 Å². The summed E-state index contributed by atoms with van der Waals surface area (Å²) in [5.74, 6) is 1.62. The molecule has 0 aliphatic carbocycles. The number of hydrogen-bond donors (Lipinski definition) is 1. The average Bonchev–Trinajstić information content (AvgIpc) is 3.30. The molecule has 0 fully saturated rings. The van der Waals surface area contributed by atoms with Crippen molar-refractivity contribution in [2.45, 2.75) is 24.3 Å². The van der Waals surface area contributed by atoms with Crippen molar-refractivity contribution in [3.05, 3.63) is 58.3 Å². The van der Waals surface area contributed by atoms with Crippen LogP contribution in [0.5, 0.6) is 0 Å². The van der Waals surface area contributed by atoms with E-state index in [2.05, 4.69) is 30.5 Å². The summed E-state index contributed by atoms with van der Waals surface area (Å²) in [6, 6.07) is 9.34. The van der Waals surface area contributed by atoms with E-state index < -0.39 is 0 Å². The lowest BCUT2D eigenvalue weighted by molar-refractivity contribution is 0.423. The van der Waals surface area contributed by atoms with E-state index >= 15 is 0 Å². The maximum atomic E-state index is 11.5. The molecule has 4 rings (SSSR count). The maximum Gasteiger partial charge on any atom is 0.264 e. The Hall–Kier alpha value is -3.27. The molecule has 1 atom stereocenters.